The standard InChI is InChI=1S/C28H23F3N6O2/c1-17-5-8-21(9-6-17)37-25(16-20(34-37)14-18-4-3-12-32-26(18)38)33-27(39)19-7-10-23(28(29,30)31)22(15-19)24-11-13-36(2)35-24/h3-13,15-16H,14H2,1-2H3,(H,32,38)(H,33,39). The Kier molecular flexibility index (Phi) is 6.65. The SMILES string of the molecule is Cc1ccc(-n2nc(Cc3ccc[nH]c3=O)cc2NC(=O)c2ccc(C(F)(F)F)c(-c3ccn(C)n3)c2)cc1. The zero-order valence-electron chi connectivity index (χ0n) is 21.0. The minimum absolute atomic E-state index is 0.0152. The molecular weight excluding hydrogens is 509 g/mol. The van der Waals surface area contributed by atoms with Crippen molar-refractivity contribution in [2.45, 2.75) is 19.5 Å². The fraction of sp³-hybridized carbons (Fsp3) is 0.143. The van der Waals surface area contributed by atoms with E-state index in [9.17, 15) is 22.8 Å². The van der Waals surface area contributed by atoms with Gasteiger partial charge in [0, 0.05) is 48.6 Å². The number of nitrogens with zero attached hydrogens (tertiary/aromatic N) is 4. The molecule has 1 amide bonds. The predicted molar refractivity (Wildman–Crippen MR) is 140 cm³/mol. The Morgan fingerprint density at radius 1 is 1.03 bits per heavy atom. The Balaban J connectivity index is 1.52. The lowest BCUT2D eigenvalue weighted by Gasteiger charge is -2.14. The molecule has 0 saturated carbocycles. The predicted octanol–water partition coefficient (Wildman–Crippen LogP) is 5.13. The first-order valence-corrected chi connectivity index (χ1v) is 11.9. The van der Waals surface area contributed by atoms with Crippen molar-refractivity contribution < 1.29 is 18.0 Å². The van der Waals surface area contributed by atoms with Crippen LogP contribution in [0.5, 0.6) is 0 Å². The number of aromatic nitrogens is 5. The third-order valence-electron chi connectivity index (χ3n) is 6.13. The van der Waals surface area contributed by atoms with Gasteiger partial charge in [-0.15, -0.1) is 0 Å². The fourth-order valence-electron chi connectivity index (χ4n) is 4.17. The highest BCUT2D eigenvalue weighted by Gasteiger charge is 2.34. The number of aryl methyl sites for hydroxylation is 2. The van der Waals surface area contributed by atoms with Crippen LogP contribution in [0.3, 0.4) is 0 Å². The molecule has 0 spiro atoms. The summed E-state index contributed by atoms with van der Waals surface area (Å²) in [5.41, 5.74) is 1.46. The third-order valence-corrected chi connectivity index (χ3v) is 6.13. The lowest BCUT2D eigenvalue weighted by molar-refractivity contribution is -0.137. The van der Waals surface area contributed by atoms with Crippen molar-refractivity contribution in [3.63, 3.8) is 0 Å². The molecule has 0 bridgehead atoms. The molecule has 3 aromatic heterocycles. The summed E-state index contributed by atoms with van der Waals surface area (Å²) < 4.78 is 44.1. The van der Waals surface area contributed by atoms with Gasteiger partial charge in [-0.3, -0.25) is 14.3 Å². The van der Waals surface area contributed by atoms with Crippen molar-refractivity contribution >= 4 is 11.7 Å². The number of H-pyrrole nitrogens is 1. The Morgan fingerprint density at radius 3 is 2.46 bits per heavy atom. The van der Waals surface area contributed by atoms with Gasteiger partial charge < -0.3 is 10.3 Å². The van der Waals surface area contributed by atoms with E-state index in [1.165, 1.54) is 33.9 Å². The number of amides is 1. The van der Waals surface area contributed by atoms with Crippen molar-refractivity contribution in [1.29, 1.82) is 0 Å². The van der Waals surface area contributed by atoms with Crippen LogP contribution in [0.15, 0.2) is 83.9 Å². The average molecular weight is 533 g/mol. The van der Waals surface area contributed by atoms with E-state index >= 15 is 0 Å². The van der Waals surface area contributed by atoms with E-state index in [0.29, 0.717) is 22.8 Å². The van der Waals surface area contributed by atoms with E-state index in [0.717, 1.165) is 17.7 Å². The summed E-state index contributed by atoms with van der Waals surface area (Å²) in [6, 6.07) is 17.1. The Hall–Kier alpha value is -4.93. The highest BCUT2D eigenvalue weighted by atomic mass is 19.4. The summed E-state index contributed by atoms with van der Waals surface area (Å²) in [7, 11) is 1.60. The summed E-state index contributed by atoms with van der Waals surface area (Å²) in [5, 5.41) is 11.5. The van der Waals surface area contributed by atoms with Gasteiger partial charge in [0.05, 0.1) is 22.6 Å². The van der Waals surface area contributed by atoms with Crippen LogP contribution in [0.4, 0.5) is 19.0 Å². The van der Waals surface area contributed by atoms with Crippen LogP contribution < -0.4 is 10.9 Å². The van der Waals surface area contributed by atoms with Gasteiger partial charge in [-0.2, -0.15) is 23.4 Å². The molecule has 2 aromatic carbocycles. The number of hydrogen-bond donors (Lipinski definition) is 2. The molecular formula is C28H23F3N6O2. The molecule has 2 N–H and O–H groups in total. The van der Waals surface area contributed by atoms with E-state index in [1.54, 1.807) is 25.2 Å². The van der Waals surface area contributed by atoms with Gasteiger partial charge in [0.15, 0.2) is 0 Å². The second kappa shape index (κ2) is 10.1. The van der Waals surface area contributed by atoms with Crippen LogP contribution in [0.2, 0.25) is 0 Å². The van der Waals surface area contributed by atoms with Gasteiger partial charge >= 0.3 is 6.18 Å². The fourth-order valence-corrected chi connectivity index (χ4v) is 4.17. The summed E-state index contributed by atoms with van der Waals surface area (Å²) >= 11 is 0. The topological polar surface area (TPSA) is 97.6 Å². The Morgan fingerprint density at radius 2 is 1.79 bits per heavy atom. The van der Waals surface area contributed by atoms with Crippen molar-refractivity contribution in [2.75, 3.05) is 5.32 Å². The van der Waals surface area contributed by atoms with Crippen LogP contribution in [0.25, 0.3) is 16.9 Å². The molecule has 0 aliphatic heterocycles. The smallest absolute Gasteiger partial charge is 0.329 e. The average Bonchev–Trinajstić information content (AvgIpc) is 3.51. The minimum Gasteiger partial charge on any atom is -0.329 e. The van der Waals surface area contributed by atoms with Crippen LogP contribution in [-0.2, 0) is 19.6 Å². The first-order chi connectivity index (χ1) is 18.6. The molecule has 3 heterocycles. The zero-order valence-corrected chi connectivity index (χ0v) is 21.0. The molecule has 0 saturated heterocycles. The van der Waals surface area contributed by atoms with Crippen molar-refractivity contribution in [2.24, 2.45) is 7.05 Å². The van der Waals surface area contributed by atoms with Gasteiger partial charge in [0.25, 0.3) is 11.5 Å². The van der Waals surface area contributed by atoms with Gasteiger partial charge in [0.2, 0.25) is 0 Å². The molecule has 39 heavy (non-hydrogen) atoms. The number of hydrogen-bond acceptors (Lipinski definition) is 4. The van der Waals surface area contributed by atoms with Gasteiger partial charge in [-0.25, -0.2) is 4.68 Å². The maximum absolute atomic E-state index is 13.7. The largest absolute Gasteiger partial charge is 0.417 e. The molecule has 198 valence electrons. The van der Waals surface area contributed by atoms with E-state index in [4.69, 9.17) is 0 Å². The zero-order chi connectivity index (χ0) is 27.7. The number of rotatable bonds is 6. The molecule has 0 radical (unpaired) electrons. The summed E-state index contributed by atoms with van der Waals surface area (Å²) in [6.45, 7) is 1.94. The van der Waals surface area contributed by atoms with E-state index < -0.39 is 17.6 Å². The number of benzene rings is 2. The molecule has 0 atom stereocenters. The van der Waals surface area contributed by atoms with Crippen LogP contribution in [-0.4, -0.2) is 30.5 Å². The Labute approximate surface area is 220 Å². The molecule has 0 aliphatic carbocycles. The van der Waals surface area contributed by atoms with E-state index in [-0.39, 0.29) is 28.8 Å². The number of anilines is 1. The molecule has 8 nitrogen and oxygen atoms in total. The number of carbonyl (C=O) groups is 1. The monoisotopic (exact) mass is 532 g/mol. The van der Waals surface area contributed by atoms with Crippen molar-refractivity contribution in [3.05, 3.63) is 117 Å². The second-order valence-electron chi connectivity index (χ2n) is 9.06. The number of carbonyl (C=O) groups excluding carboxylic acids is 1. The summed E-state index contributed by atoms with van der Waals surface area (Å²) in [5.74, 6) is -0.330. The first kappa shape index (κ1) is 25.7. The van der Waals surface area contributed by atoms with Crippen LogP contribution in [0, 0.1) is 6.92 Å². The maximum atomic E-state index is 13.7. The highest BCUT2D eigenvalue weighted by Crippen LogP contribution is 2.37. The number of aromatic amines is 1. The molecule has 0 aliphatic rings. The van der Waals surface area contributed by atoms with Crippen LogP contribution >= 0.6 is 0 Å². The van der Waals surface area contributed by atoms with Gasteiger partial charge in [0.1, 0.15) is 5.82 Å². The quantitative estimate of drug-likeness (QED) is 0.317. The first-order valence-electron chi connectivity index (χ1n) is 11.9. The lowest BCUT2D eigenvalue weighted by atomic mass is 10.0. The van der Waals surface area contributed by atoms with E-state index in [2.05, 4.69) is 20.5 Å². The lowest BCUT2D eigenvalue weighted by Crippen LogP contribution is -2.16. The number of nitrogens with one attached hydrogen (secondary N) is 2. The molecule has 5 aromatic rings. The molecule has 5 rings (SSSR count). The minimum atomic E-state index is -4.63. The van der Waals surface area contributed by atoms with E-state index in [1.807, 2.05) is 31.2 Å². The summed E-state index contributed by atoms with van der Waals surface area (Å²) in [6.07, 6.45) is -1.36. The van der Waals surface area contributed by atoms with Gasteiger partial charge in [-0.1, -0.05) is 23.8 Å². The molecule has 11 heteroatoms. The molecule has 0 unspecified atom stereocenters. The maximum Gasteiger partial charge on any atom is 0.417 e. The van der Waals surface area contributed by atoms with Crippen molar-refractivity contribution in [3.8, 4) is 16.9 Å². The highest BCUT2D eigenvalue weighted by molar-refractivity contribution is 6.04. The normalized spacial score (nSPS) is 11.5. The second-order valence-corrected chi connectivity index (χ2v) is 9.06. The number of pyridine rings is 1. The molecule has 0 fully saturated rings. The van der Waals surface area contributed by atoms with Gasteiger partial charge in [-0.05, 0) is 49.4 Å². The summed E-state index contributed by atoms with van der Waals surface area (Å²) in [4.78, 5) is 28.1. The van der Waals surface area contributed by atoms with Crippen molar-refractivity contribution in [1.82, 2.24) is 24.5 Å². The Bertz CT molecular complexity index is 1710. The number of alkyl halides is 3. The third kappa shape index (κ3) is 5.52. The number of halogens is 3. The van der Waals surface area contributed by atoms with Crippen LogP contribution in [0.1, 0.15) is 32.7 Å².